The van der Waals surface area contributed by atoms with Gasteiger partial charge < -0.3 is 18.9 Å². The van der Waals surface area contributed by atoms with Crippen LogP contribution in [0.4, 0.5) is 0 Å². The fourth-order valence-electron chi connectivity index (χ4n) is 4.14. The van der Waals surface area contributed by atoms with Crippen molar-refractivity contribution in [3.05, 3.63) is 81.9 Å². The number of ether oxygens (including phenoxy) is 4. The summed E-state index contributed by atoms with van der Waals surface area (Å²) in [4.78, 5) is 11.6. The maximum absolute atomic E-state index is 11.9. The van der Waals surface area contributed by atoms with Crippen LogP contribution in [0.15, 0.2) is 60.7 Å². The number of hydrogen-bond acceptors (Lipinski definition) is 6. The van der Waals surface area contributed by atoms with Gasteiger partial charge in [-0.25, -0.2) is 0 Å². The summed E-state index contributed by atoms with van der Waals surface area (Å²) in [5.74, 6) is -0.519. The van der Waals surface area contributed by atoms with Gasteiger partial charge in [0.15, 0.2) is 12.4 Å². The first-order valence-corrected chi connectivity index (χ1v) is 9.32. The van der Waals surface area contributed by atoms with E-state index in [0.717, 1.165) is 11.1 Å². The molecular formula is C21H23NO6. The Balaban J connectivity index is 1.51. The lowest BCUT2D eigenvalue weighted by Gasteiger charge is -2.29. The minimum atomic E-state index is -0.937. The number of nitrogens with zero attached hydrogens (tertiary/aromatic N) is 1. The van der Waals surface area contributed by atoms with Gasteiger partial charge in [0.25, 0.3) is 6.04 Å². The maximum Gasteiger partial charge on any atom is 0.251 e. The summed E-state index contributed by atoms with van der Waals surface area (Å²) in [5.41, 5.74) is 1.96. The molecule has 0 N–H and O–H groups in total. The van der Waals surface area contributed by atoms with E-state index in [1.54, 1.807) is 0 Å². The summed E-state index contributed by atoms with van der Waals surface area (Å²) in [7, 11) is 1.50. The van der Waals surface area contributed by atoms with Gasteiger partial charge in [-0.2, -0.15) is 0 Å². The van der Waals surface area contributed by atoms with Crippen molar-refractivity contribution in [1.82, 2.24) is 0 Å². The number of nitro groups is 1. The third-order valence-corrected chi connectivity index (χ3v) is 5.41. The van der Waals surface area contributed by atoms with Crippen LogP contribution in [0.1, 0.15) is 11.1 Å². The summed E-state index contributed by atoms with van der Waals surface area (Å²) in [5, 5.41) is 11.9. The topological polar surface area (TPSA) is 80.1 Å². The van der Waals surface area contributed by atoms with Gasteiger partial charge >= 0.3 is 0 Å². The van der Waals surface area contributed by atoms with Crippen LogP contribution < -0.4 is 0 Å². The van der Waals surface area contributed by atoms with Crippen LogP contribution in [0, 0.1) is 16.0 Å². The quantitative estimate of drug-likeness (QED) is 0.514. The van der Waals surface area contributed by atoms with Crippen molar-refractivity contribution >= 4 is 0 Å². The van der Waals surface area contributed by atoms with E-state index >= 15 is 0 Å². The second-order valence-electron chi connectivity index (χ2n) is 7.08. The Bertz CT molecular complexity index is 786. The molecule has 2 fully saturated rings. The molecule has 0 amide bonds. The molecule has 1 saturated heterocycles. The predicted molar refractivity (Wildman–Crippen MR) is 100.0 cm³/mol. The van der Waals surface area contributed by atoms with Gasteiger partial charge in [-0.3, -0.25) is 10.1 Å². The highest BCUT2D eigenvalue weighted by atomic mass is 16.7. The molecule has 2 bridgehead atoms. The zero-order valence-corrected chi connectivity index (χ0v) is 15.5. The van der Waals surface area contributed by atoms with E-state index in [1.807, 2.05) is 60.7 Å². The average Bonchev–Trinajstić information content (AvgIpc) is 3.23. The Morgan fingerprint density at radius 1 is 0.929 bits per heavy atom. The van der Waals surface area contributed by atoms with Crippen LogP contribution >= 0.6 is 0 Å². The van der Waals surface area contributed by atoms with Crippen LogP contribution in [0.3, 0.4) is 0 Å². The summed E-state index contributed by atoms with van der Waals surface area (Å²) in [6, 6.07) is 18.4. The third kappa shape index (κ3) is 3.66. The van der Waals surface area contributed by atoms with E-state index in [-0.39, 0.29) is 11.5 Å². The van der Waals surface area contributed by atoms with Gasteiger partial charge in [-0.15, -0.1) is 0 Å². The zero-order valence-electron chi connectivity index (χ0n) is 15.5. The Morgan fingerprint density at radius 3 is 1.96 bits per heavy atom. The molecule has 6 atom stereocenters. The molecule has 2 aliphatic rings. The molecule has 7 nitrogen and oxygen atoms in total. The summed E-state index contributed by atoms with van der Waals surface area (Å²) >= 11 is 0. The van der Waals surface area contributed by atoms with Gasteiger partial charge in [-0.1, -0.05) is 60.7 Å². The summed E-state index contributed by atoms with van der Waals surface area (Å²) in [6.45, 7) is 0.639. The van der Waals surface area contributed by atoms with E-state index in [9.17, 15) is 10.1 Å². The largest absolute Gasteiger partial charge is 0.370 e. The van der Waals surface area contributed by atoms with E-state index in [0.29, 0.717) is 6.61 Å². The molecule has 2 aromatic carbocycles. The Hall–Kier alpha value is -2.32. The molecule has 0 aromatic heterocycles. The molecule has 1 aliphatic carbocycles. The fraction of sp³-hybridized carbons (Fsp3) is 0.429. The monoisotopic (exact) mass is 385 g/mol. The SMILES string of the molecule is CO[C@@H]1O[C@H]2[C@H](OCc3ccccc3)[C@@H]1[C@H]([N+](=O)[O-])[C@H]2OCc1ccccc1. The molecule has 2 aromatic rings. The second-order valence-corrected chi connectivity index (χ2v) is 7.08. The summed E-state index contributed by atoms with van der Waals surface area (Å²) < 4.78 is 23.3. The van der Waals surface area contributed by atoms with Crippen molar-refractivity contribution in [2.45, 2.75) is 43.9 Å². The first-order valence-electron chi connectivity index (χ1n) is 9.32. The minimum Gasteiger partial charge on any atom is -0.370 e. The molecule has 148 valence electrons. The third-order valence-electron chi connectivity index (χ3n) is 5.41. The van der Waals surface area contributed by atoms with Crippen molar-refractivity contribution in [3.63, 3.8) is 0 Å². The maximum atomic E-state index is 11.9. The van der Waals surface area contributed by atoms with Gasteiger partial charge in [0.1, 0.15) is 18.1 Å². The van der Waals surface area contributed by atoms with Gasteiger partial charge in [-0.05, 0) is 11.1 Å². The smallest absolute Gasteiger partial charge is 0.251 e. The van der Waals surface area contributed by atoms with Crippen molar-refractivity contribution in [2.24, 2.45) is 5.92 Å². The highest BCUT2D eigenvalue weighted by Gasteiger charge is 2.68. The molecule has 0 radical (unpaired) electrons. The Morgan fingerprint density at radius 2 is 1.46 bits per heavy atom. The van der Waals surface area contributed by atoms with E-state index < -0.39 is 36.6 Å². The molecule has 1 heterocycles. The molecule has 1 saturated carbocycles. The molecule has 7 heteroatoms. The lowest BCUT2D eigenvalue weighted by molar-refractivity contribution is -0.552. The van der Waals surface area contributed by atoms with Crippen LogP contribution in [-0.4, -0.2) is 42.7 Å². The molecule has 0 unspecified atom stereocenters. The predicted octanol–water partition coefficient (Wildman–Crippen LogP) is 2.80. The fourth-order valence-corrected chi connectivity index (χ4v) is 4.14. The van der Waals surface area contributed by atoms with E-state index in [1.165, 1.54) is 7.11 Å². The molecule has 4 rings (SSSR count). The first kappa shape index (κ1) is 19.0. The Labute approximate surface area is 163 Å². The summed E-state index contributed by atoms with van der Waals surface area (Å²) in [6.07, 6.45) is -2.36. The van der Waals surface area contributed by atoms with Gasteiger partial charge in [0, 0.05) is 12.0 Å². The average molecular weight is 385 g/mol. The van der Waals surface area contributed by atoms with Crippen LogP contribution in [0.25, 0.3) is 0 Å². The number of methoxy groups -OCH3 is 1. The number of benzene rings is 2. The zero-order chi connectivity index (χ0) is 19.5. The lowest BCUT2D eigenvalue weighted by Crippen LogP contribution is -2.48. The van der Waals surface area contributed by atoms with E-state index in [2.05, 4.69) is 0 Å². The van der Waals surface area contributed by atoms with Gasteiger partial charge in [0.05, 0.1) is 13.2 Å². The first-order chi connectivity index (χ1) is 13.7. The van der Waals surface area contributed by atoms with Crippen LogP contribution in [0.5, 0.6) is 0 Å². The molecule has 0 spiro atoms. The van der Waals surface area contributed by atoms with Crippen LogP contribution in [-0.2, 0) is 32.2 Å². The normalized spacial score (nSPS) is 31.2. The van der Waals surface area contributed by atoms with Crippen LogP contribution in [0.2, 0.25) is 0 Å². The number of fused-ring (bicyclic) bond motifs is 2. The van der Waals surface area contributed by atoms with Crippen molar-refractivity contribution in [3.8, 4) is 0 Å². The number of hydrogen-bond donors (Lipinski definition) is 0. The highest BCUT2D eigenvalue weighted by molar-refractivity contribution is 5.15. The number of rotatable bonds is 8. The molecule has 1 aliphatic heterocycles. The lowest BCUT2D eigenvalue weighted by atomic mass is 10.0. The van der Waals surface area contributed by atoms with Crippen molar-refractivity contribution in [2.75, 3.05) is 7.11 Å². The van der Waals surface area contributed by atoms with Crippen molar-refractivity contribution < 1.29 is 23.9 Å². The second kappa shape index (κ2) is 8.36. The van der Waals surface area contributed by atoms with Crippen molar-refractivity contribution in [1.29, 1.82) is 0 Å². The van der Waals surface area contributed by atoms with Gasteiger partial charge in [0.2, 0.25) is 0 Å². The molecule has 28 heavy (non-hydrogen) atoms. The van der Waals surface area contributed by atoms with E-state index in [4.69, 9.17) is 18.9 Å². The highest BCUT2D eigenvalue weighted by Crippen LogP contribution is 2.46. The molecular weight excluding hydrogens is 362 g/mol. The standard InChI is InChI=1S/C21H23NO6/c1-25-21-16-17(22(23)24)19(27-13-15-10-6-3-7-11-15)20(28-21)18(16)26-12-14-8-4-2-5-9-14/h2-11,16-21H,12-13H2,1H3/t16-,17-,18+,19+,20-,21+/m0/s1. The minimum absolute atomic E-state index is 0.283. The Kier molecular flexibility index (Phi) is 5.68.